The summed E-state index contributed by atoms with van der Waals surface area (Å²) >= 11 is 0. The van der Waals surface area contributed by atoms with E-state index in [9.17, 15) is 15.0 Å². The molecule has 0 amide bonds. The maximum atomic E-state index is 11.6. The number of hydrogen-bond acceptors (Lipinski definition) is 3. The molecule has 0 bridgehead atoms. The van der Waals surface area contributed by atoms with Crippen molar-refractivity contribution in [3.63, 3.8) is 0 Å². The number of aryl methyl sites for hydroxylation is 2. The minimum Gasteiger partial charge on any atom is -0.506 e. The number of aromatic nitrogens is 1. The molecule has 5 N–H and O–H groups in total. The lowest BCUT2D eigenvalue weighted by molar-refractivity contribution is -0.693. The van der Waals surface area contributed by atoms with E-state index in [2.05, 4.69) is 36.3 Å². The number of hydrogen-bond donors (Lipinski definition) is 4. The molecule has 0 spiro atoms. The quantitative estimate of drug-likeness (QED) is 0.473. The summed E-state index contributed by atoms with van der Waals surface area (Å²) < 4.78 is 0. The zero-order valence-corrected chi connectivity index (χ0v) is 18.0. The van der Waals surface area contributed by atoms with Gasteiger partial charge in [-0.05, 0) is 52.8 Å². The van der Waals surface area contributed by atoms with Crippen LogP contribution in [0.3, 0.4) is 0 Å². The highest BCUT2D eigenvalue weighted by Gasteiger charge is 2.26. The molecule has 1 aliphatic rings. The largest absolute Gasteiger partial charge is 0.506 e. The van der Waals surface area contributed by atoms with Crippen molar-refractivity contribution in [3.05, 3.63) is 82.0 Å². The standard InChI is InChI=1S/C24H28N2O3.CH3/c1-3-14-9-16-11-18(12-17(16)10-15(14)4-2)25-13-22(28)19-5-7-21(27)24-20(19)6-8-23(29)26-24;/h5-10,18,22,25,27-28H,3-4,11-13H2,1-2H3,(H,26,29);1H3/q;-1/p+1/t22-;/m0./s1. The number of aromatic hydroxyl groups is 1. The molecule has 30 heavy (non-hydrogen) atoms. The Morgan fingerprint density at radius 1 is 1.07 bits per heavy atom. The van der Waals surface area contributed by atoms with Crippen molar-refractivity contribution in [1.29, 1.82) is 0 Å². The maximum Gasteiger partial charge on any atom is 0.248 e. The van der Waals surface area contributed by atoms with Gasteiger partial charge in [0.15, 0.2) is 0 Å². The summed E-state index contributed by atoms with van der Waals surface area (Å²) in [5.41, 5.74) is 6.63. The molecule has 5 heteroatoms. The average molecular weight is 409 g/mol. The van der Waals surface area contributed by atoms with Crippen LogP contribution >= 0.6 is 0 Å². The van der Waals surface area contributed by atoms with E-state index in [1.807, 2.05) is 0 Å². The highest BCUT2D eigenvalue weighted by Crippen LogP contribution is 2.29. The molecule has 0 saturated carbocycles. The Hall–Kier alpha value is -2.63. The van der Waals surface area contributed by atoms with Crippen LogP contribution in [0, 0.1) is 7.43 Å². The molecule has 1 aromatic heterocycles. The number of quaternary nitrogens is 1. The van der Waals surface area contributed by atoms with Gasteiger partial charge in [-0.1, -0.05) is 32.0 Å². The van der Waals surface area contributed by atoms with Crippen molar-refractivity contribution >= 4 is 10.9 Å². The Morgan fingerprint density at radius 3 is 2.30 bits per heavy atom. The van der Waals surface area contributed by atoms with E-state index in [0.717, 1.165) is 31.2 Å². The monoisotopic (exact) mass is 408 g/mol. The van der Waals surface area contributed by atoms with E-state index in [4.69, 9.17) is 0 Å². The van der Waals surface area contributed by atoms with Crippen molar-refractivity contribution in [1.82, 2.24) is 4.98 Å². The lowest BCUT2D eigenvalue weighted by Crippen LogP contribution is -2.91. The van der Waals surface area contributed by atoms with Gasteiger partial charge >= 0.3 is 0 Å². The molecule has 0 unspecified atom stereocenters. The minimum absolute atomic E-state index is 0. The van der Waals surface area contributed by atoms with Crippen molar-refractivity contribution in [2.24, 2.45) is 0 Å². The highest BCUT2D eigenvalue weighted by molar-refractivity contribution is 5.87. The number of nitrogens with one attached hydrogen (secondary N) is 1. The Labute approximate surface area is 177 Å². The number of aromatic amines is 1. The zero-order chi connectivity index (χ0) is 20.5. The van der Waals surface area contributed by atoms with Gasteiger partial charge in [-0.3, -0.25) is 4.79 Å². The van der Waals surface area contributed by atoms with E-state index in [-0.39, 0.29) is 18.7 Å². The van der Waals surface area contributed by atoms with Crippen LogP contribution in [-0.4, -0.2) is 27.8 Å². The van der Waals surface area contributed by atoms with E-state index >= 15 is 0 Å². The number of phenolic OH excluding ortho intramolecular Hbond substituents is 1. The predicted molar refractivity (Wildman–Crippen MR) is 121 cm³/mol. The van der Waals surface area contributed by atoms with Gasteiger partial charge in [-0.25, -0.2) is 0 Å². The summed E-state index contributed by atoms with van der Waals surface area (Å²) in [6.07, 6.45) is 3.52. The fourth-order valence-corrected chi connectivity index (χ4v) is 4.63. The average Bonchev–Trinajstić information content (AvgIpc) is 3.13. The van der Waals surface area contributed by atoms with Crippen molar-refractivity contribution in [2.45, 2.75) is 51.7 Å². The van der Waals surface area contributed by atoms with Crippen LogP contribution in [0.25, 0.3) is 10.9 Å². The van der Waals surface area contributed by atoms with Gasteiger partial charge in [0, 0.05) is 24.3 Å². The van der Waals surface area contributed by atoms with E-state index in [0.29, 0.717) is 23.5 Å². The van der Waals surface area contributed by atoms with Gasteiger partial charge in [-0.15, -0.1) is 0 Å². The number of benzene rings is 2. The second-order valence-corrected chi connectivity index (χ2v) is 8.04. The fourth-order valence-electron chi connectivity index (χ4n) is 4.63. The lowest BCUT2D eigenvalue weighted by atomic mass is 9.97. The summed E-state index contributed by atoms with van der Waals surface area (Å²) in [5, 5.41) is 23.8. The molecule has 1 heterocycles. The molecular weight excluding hydrogens is 376 g/mol. The number of fused-ring (bicyclic) bond motifs is 2. The van der Waals surface area contributed by atoms with Gasteiger partial charge < -0.3 is 27.9 Å². The number of rotatable bonds is 6. The molecular formula is C25H32N2O3. The first-order chi connectivity index (χ1) is 14.0. The number of aliphatic hydroxyl groups is 1. The van der Waals surface area contributed by atoms with Crippen LogP contribution in [0.15, 0.2) is 41.2 Å². The van der Waals surface area contributed by atoms with Gasteiger partial charge in [0.2, 0.25) is 5.56 Å². The zero-order valence-electron chi connectivity index (χ0n) is 18.0. The molecule has 0 fully saturated rings. The lowest BCUT2D eigenvalue weighted by Gasteiger charge is -2.16. The third kappa shape index (κ3) is 4.13. The maximum absolute atomic E-state index is 11.6. The number of nitrogens with two attached hydrogens (primary N) is 1. The summed E-state index contributed by atoms with van der Waals surface area (Å²) in [4.78, 5) is 14.2. The van der Waals surface area contributed by atoms with Crippen LogP contribution < -0.4 is 10.9 Å². The summed E-state index contributed by atoms with van der Waals surface area (Å²) in [6.45, 7) is 4.97. The van der Waals surface area contributed by atoms with E-state index < -0.39 is 6.10 Å². The number of aliphatic hydroxyl groups excluding tert-OH is 1. The highest BCUT2D eigenvalue weighted by atomic mass is 16.3. The minimum atomic E-state index is -0.676. The van der Waals surface area contributed by atoms with Crippen LogP contribution in [0.5, 0.6) is 5.75 Å². The molecule has 160 valence electrons. The molecule has 1 aliphatic carbocycles. The first-order valence-electron chi connectivity index (χ1n) is 10.5. The Bertz CT molecular complexity index is 1070. The molecule has 3 aromatic rings. The molecule has 0 radical (unpaired) electrons. The van der Waals surface area contributed by atoms with Gasteiger partial charge in [0.25, 0.3) is 0 Å². The summed E-state index contributed by atoms with van der Waals surface area (Å²) in [5.74, 6) is 0.0160. The van der Waals surface area contributed by atoms with Crippen LogP contribution in [-0.2, 0) is 25.7 Å². The molecule has 1 atom stereocenters. The van der Waals surface area contributed by atoms with Gasteiger partial charge in [0.1, 0.15) is 18.4 Å². The van der Waals surface area contributed by atoms with Gasteiger partial charge in [-0.2, -0.15) is 0 Å². The fraction of sp³-hybridized carbons (Fsp3) is 0.360. The van der Waals surface area contributed by atoms with Gasteiger partial charge in [0.05, 0.1) is 11.6 Å². The second kappa shape index (κ2) is 9.02. The molecule has 5 nitrogen and oxygen atoms in total. The predicted octanol–water partition coefficient (Wildman–Crippen LogP) is 2.57. The third-order valence-corrected chi connectivity index (χ3v) is 6.21. The number of pyridine rings is 1. The summed E-state index contributed by atoms with van der Waals surface area (Å²) in [6, 6.07) is 11.5. The number of H-pyrrole nitrogens is 1. The van der Waals surface area contributed by atoms with Crippen molar-refractivity contribution in [3.8, 4) is 5.75 Å². The van der Waals surface area contributed by atoms with Crippen LogP contribution in [0.4, 0.5) is 0 Å². The Balaban J connectivity index is 0.00000256. The first-order valence-corrected chi connectivity index (χ1v) is 10.5. The smallest absolute Gasteiger partial charge is 0.248 e. The molecule has 0 saturated heterocycles. The third-order valence-electron chi connectivity index (χ3n) is 6.21. The van der Waals surface area contributed by atoms with Crippen molar-refractivity contribution < 1.29 is 15.5 Å². The van der Waals surface area contributed by atoms with E-state index in [1.54, 1.807) is 12.1 Å². The number of phenols is 1. The SMILES string of the molecule is CCc1cc2c(cc1CC)CC([NH2+]C[C@H](O)c1ccc(O)c3[nH]c(=O)ccc13)C2.[CH3-]. The Morgan fingerprint density at radius 2 is 1.70 bits per heavy atom. The summed E-state index contributed by atoms with van der Waals surface area (Å²) in [7, 11) is 0. The van der Waals surface area contributed by atoms with Crippen molar-refractivity contribution in [2.75, 3.05) is 6.54 Å². The van der Waals surface area contributed by atoms with Crippen LogP contribution in [0.1, 0.15) is 47.8 Å². The molecule has 4 rings (SSSR count). The first kappa shape index (κ1) is 22.1. The molecule has 0 aliphatic heterocycles. The topological polar surface area (TPSA) is 89.9 Å². The van der Waals surface area contributed by atoms with Crippen LogP contribution in [0.2, 0.25) is 0 Å². The second-order valence-electron chi connectivity index (χ2n) is 8.04. The molecule has 2 aromatic carbocycles. The van der Waals surface area contributed by atoms with E-state index in [1.165, 1.54) is 34.4 Å². The Kier molecular flexibility index (Phi) is 6.64. The normalized spacial score (nSPS) is 14.5.